The van der Waals surface area contributed by atoms with Crippen LogP contribution >= 0.6 is 0 Å². The fourth-order valence-corrected chi connectivity index (χ4v) is 2.74. The number of benzene rings is 2. The van der Waals surface area contributed by atoms with Crippen molar-refractivity contribution < 1.29 is 19.1 Å². The van der Waals surface area contributed by atoms with Gasteiger partial charge in [0.1, 0.15) is 23.6 Å². The van der Waals surface area contributed by atoms with Crippen LogP contribution in [0.3, 0.4) is 0 Å². The van der Waals surface area contributed by atoms with Crippen LogP contribution in [-0.2, 0) is 6.54 Å². The smallest absolute Gasteiger partial charge is 0.353 e. The topological polar surface area (TPSA) is 121 Å². The third kappa shape index (κ3) is 4.66. The van der Waals surface area contributed by atoms with Crippen molar-refractivity contribution in [3.8, 4) is 17.2 Å². The largest absolute Gasteiger partial charge is 0.497 e. The molecule has 0 atom stereocenters. The first-order valence-corrected chi connectivity index (χ1v) is 8.91. The van der Waals surface area contributed by atoms with Gasteiger partial charge in [-0.3, -0.25) is 10.1 Å². The van der Waals surface area contributed by atoms with Crippen LogP contribution in [0.2, 0.25) is 0 Å². The van der Waals surface area contributed by atoms with Gasteiger partial charge < -0.3 is 24.8 Å². The summed E-state index contributed by atoms with van der Waals surface area (Å²) in [5.74, 6) is 1.89. The predicted molar refractivity (Wildman–Crippen MR) is 112 cm³/mol. The van der Waals surface area contributed by atoms with Crippen molar-refractivity contribution >= 4 is 23.0 Å². The maximum atomic E-state index is 11.8. The standard InChI is InChI=1S/C20H21N5O5/c1-28-14-6-4-13(5-7-14)11-21-19-18(25(26)27)20(23-12-22-19)24-16-10-15(29-2)8-9-17(16)30-3/h4-10,12H,11H2,1-3H3,(H2,21,22,23,24). The summed E-state index contributed by atoms with van der Waals surface area (Å²) in [6.45, 7) is 0.337. The number of nitrogens with zero attached hydrogens (tertiary/aromatic N) is 3. The molecule has 2 aromatic carbocycles. The van der Waals surface area contributed by atoms with Crippen molar-refractivity contribution in [1.82, 2.24) is 9.97 Å². The van der Waals surface area contributed by atoms with E-state index in [-0.39, 0.29) is 17.3 Å². The van der Waals surface area contributed by atoms with Gasteiger partial charge in [-0.15, -0.1) is 0 Å². The zero-order valence-corrected chi connectivity index (χ0v) is 16.7. The molecule has 0 spiro atoms. The number of hydrogen-bond acceptors (Lipinski definition) is 9. The number of rotatable bonds is 9. The van der Waals surface area contributed by atoms with E-state index in [0.717, 1.165) is 11.3 Å². The van der Waals surface area contributed by atoms with Gasteiger partial charge in [-0.2, -0.15) is 0 Å². The number of methoxy groups -OCH3 is 3. The average Bonchev–Trinajstić information content (AvgIpc) is 2.77. The average molecular weight is 411 g/mol. The maximum Gasteiger partial charge on any atom is 0.353 e. The molecule has 10 nitrogen and oxygen atoms in total. The second-order valence-electron chi connectivity index (χ2n) is 6.07. The number of hydrogen-bond donors (Lipinski definition) is 2. The van der Waals surface area contributed by atoms with E-state index in [2.05, 4.69) is 20.6 Å². The fraction of sp³-hybridized carbons (Fsp3) is 0.200. The number of ether oxygens (including phenoxy) is 3. The molecular formula is C20H21N5O5. The second kappa shape index (κ2) is 9.41. The Hall–Kier alpha value is -4.08. The van der Waals surface area contributed by atoms with Gasteiger partial charge in [0.2, 0.25) is 11.6 Å². The number of nitro groups is 1. The molecule has 0 aliphatic carbocycles. The zero-order valence-electron chi connectivity index (χ0n) is 16.7. The van der Waals surface area contributed by atoms with Crippen molar-refractivity contribution in [3.63, 3.8) is 0 Å². The molecule has 0 saturated carbocycles. The van der Waals surface area contributed by atoms with E-state index in [1.54, 1.807) is 25.3 Å². The Bertz CT molecular complexity index is 1030. The monoisotopic (exact) mass is 411 g/mol. The maximum absolute atomic E-state index is 11.8. The van der Waals surface area contributed by atoms with Gasteiger partial charge in [0, 0.05) is 12.6 Å². The van der Waals surface area contributed by atoms with Crippen LogP contribution in [0.25, 0.3) is 0 Å². The van der Waals surface area contributed by atoms with Crippen LogP contribution in [0, 0.1) is 10.1 Å². The Morgan fingerprint density at radius 3 is 2.23 bits per heavy atom. The molecule has 0 unspecified atom stereocenters. The molecule has 30 heavy (non-hydrogen) atoms. The second-order valence-corrected chi connectivity index (χ2v) is 6.07. The molecule has 0 aliphatic heterocycles. The van der Waals surface area contributed by atoms with E-state index in [0.29, 0.717) is 23.7 Å². The number of aromatic nitrogens is 2. The Morgan fingerprint density at radius 2 is 1.60 bits per heavy atom. The summed E-state index contributed by atoms with van der Waals surface area (Å²) in [7, 11) is 4.62. The molecule has 0 aliphatic rings. The molecule has 0 bridgehead atoms. The Labute approximate surface area is 173 Å². The predicted octanol–water partition coefficient (Wildman–Crippen LogP) is 3.77. The SMILES string of the molecule is COc1ccc(CNc2ncnc(Nc3cc(OC)ccc3OC)c2[N+](=O)[O-])cc1. The van der Waals surface area contributed by atoms with Crippen molar-refractivity contribution in [2.45, 2.75) is 6.54 Å². The molecule has 1 aromatic heterocycles. The number of nitrogens with one attached hydrogen (secondary N) is 2. The highest BCUT2D eigenvalue weighted by Crippen LogP contribution is 2.36. The quantitative estimate of drug-likeness (QED) is 0.400. The molecule has 156 valence electrons. The molecule has 10 heteroatoms. The van der Waals surface area contributed by atoms with Crippen molar-refractivity contribution in [2.75, 3.05) is 32.0 Å². The normalized spacial score (nSPS) is 10.2. The summed E-state index contributed by atoms with van der Waals surface area (Å²) in [4.78, 5) is 19.3. The highest BCUT2D eigenvalue weighted by Gasteiger charge is 2.24. The van der Waals surface area contributed by atoms with Crippen LogP contribution in [0.5, 0.6) is 17.2 Å². The minimum atomic E-state index is -0.536. The highest BCUT2D eigenvalue weighted by atomic mass is 16.6. The lowest BCUT2D eigenvalue weighted by atomic mass is 10.2. The first kappa shape index (κ1) is 20.6. The molecule has 0 fully saturated rings. The summed E-state index contributed by atoms with van der Waals surface area (Å²) in [6.07, 6.45) is 1.25. The van der Waals surface area contributed by atoms with Gasteiger partial charge in [0.05, 0.1) is 31.9 Å². The van der Waals surface area contributed by atoms with E-state index in [1.165, 1.54) is 20.5 Å². The van der Waals surface area contributed by atoms with Crippen LogP contribution in [0.15, 0.2) is 48.8 Å². The Kier molecular flexibility index (Phi) is 6.48. The minimum absolute atomic E-state index is 0.0267. The highest BCUT2D eigenvalue weighted by molar-refractivity contribution is 5.76. The van der Waals surface area contributed by atoms with Crippen LogP contribution < -0.4 is 24.8 Å². The van der Waals surface area contributed by atoms with E-state index in [1.807, 2.05) is 24.3 Å². The van der Waals surface area contributed by atoms with Gasteiger partial charge in [-0.05, 0) is 29.8 Å². The first-order valence-electron chi connectivity index (χ1n) is 8.91. The van der Waals surface area contributed by atoms with Crippen LogP contribution in [-0.4, -0.2) is 36.2 Å². The van der Waals surface area contributed by atoms with Crippen molar-refractivity contribution in [1.29, 1.82) is 0 Å². The van der Waals surface area contributed by atoms with E-state index < -0.39 is 4.92 Å². The summed E-state index contributed by atoms with van der Waals surface area (Å²) < 4.78 is 15.7. The molecule has 3 aromatic rings. The molecule has 1 heterocycles. The first-order chi connectivity index (χ1) is 14.5. The molecule has 0 amide bonds. The Morgan fingerprint density at radius 1 is 0.933 bits per heavy atom. The molecule has 3 rings (SSSR count). The van der Waals surface area contributed by atoms with Gasteiger partial charge >= 0.3 is 5.69 Å². The lowest BCUT2D eigenvalue weighted by Crippen LogP contribution is -2.08. The molecular weight excluding hydrogens is 390 g/mol. The van der Waals surface area contributed by atoms with E-state index >= 15 is 0 Å². The molecule has 2 N–H and O–H groups in total. The zero-order chi connectivity index (χ0) is 21.5. The van der Waals surface area contributed by atoms with E-state index in [9.17, 15) is 10.1 Å². The van der Waals surface area contributed by atoms with Gasteiger partial charge in [0.25, 0.3) is 0 Å². The summed E-state index contributed by atoms with van der Waals surface area (Å²) in [5, 5.41) is 17.7. The van der Waals surface area contributed by atoms with Crippen LogP contribution in [0.1, 0.15) is 5.56 Å². The summed E-state index contributed by atoms with van der Waals surface area (Å²) in [6, 6.07) is 12.4. The number of anilines is 3. The van der Waals surface area contributed by atoms with Crippen molar-refractivity contribution in [2.24, 2.45) is 0 Å². The van der Waals surface area contributed by atoms with E-state index in [4.69, 9.17) is 14.2 Å². The third-order valence-corrected chi connectivity index (χ3v) is 4.28. The van der Waals surface area contributed by atoms with Gasteiger partial charge in [-0.1, -0.05) is 12.1 Å². The Balaban J connectivity index is 1.88. The molecule has 0 saturated heterocycles. The van der Waals surface area contributed by atoms with Crippen LogP contribution in [0.4, 0.5) is 23.0 Å². The summed E-state index contributed by atoms with van der Waals surface area (Å²) >= 11 is 0. The third-order valence-electron chi connectivity index (χ3n) is 4.28. The van der Waals surface area contributed by atoms with Gasteiger partial charge in [-0.25, -0.2) is 9.97 Å². The lowest BCUT2D eigenvalue weighted by Gasteiger charge is -2.13. The molecule has 0 radical (unpaired) electrons. The van der Waals surface area contributed by atoms with Crippen molar-refractivity contribution in [3.05, 3.63) is 64.5 Å². The lowest BCUT2D eigenvalue weighted by molar-refractivity contribution is -0.383. The summed E-state index contributed by atoms with van der Waals surface area (Å²) in [5.41, 5.74) is 1.10. The fourth-order valence-electron chi connectivity index (χ4n) is 2.74. The van der Waals surface area contributed by atoms with Gasteiger partial charge in [0.15, 0.2) is 0 Å². The minimum Gasteiger partial charge on any atom is -0.497 e.